The Kier molecular flexibility index (Phi) is 2.93. The monoisotopic (exact) mass is 214 g/mol. The predicted molar refractivity (Wildman–Crippen MR) is 53.8 cm³/mol. The summed E-state index contributed by atoms with van der Waals surface area (Å²) in [6.45, 7) is 1.10. The molecule has 0 radical (unpaired) electrons. The van der Waals surface area contributed by atoms with Crippen LogP contribution in [0.15, 0.2) is 24.3 Å². The first-order valence-corrected chi connectivity index (χ1v) is 5.85. The lowest BCUT2D eigenvalue weighted by atomic mass is 10.2. The second kappa shape index (κ2) is 3.82. The van der Waals surface area contributed by atoms with Gasteiger partial charge in [-0.15, -0.1) is 0 Å². The molecule has 5 nitrogen and oxygen atoms in total. The van der Waals surface area contributed by atoms with Crippen LogP contribution in [0.4, 0.5) is 0 Å². The van der Waals surface area contributed by atoms with Crippen molar-refractivity contribution < 1.29 is 14.0 Å². The van der Waals surface area contributed by atoms with Gasteiger partial charge in [0, 0.05) is 12.2 Å². The third kappa shape index (κ3) is 3.20. The Morgan fingerprint density at radius 2 is 2.00 bits per heavy atom. The number of benzene rings is 1. The molecule has 0 saturated carbocycles. The maximum Gasteiger partial charge on any atom is 0.373 e. The van der Waals surface area contributed by atoms with Crippen molar-refractivity contribution in [2.45, 2.75) is 0 Å². The highest BCUT2D eigenvalue weighted by atomic mass is 31.2. The molecular weight excluding hydrogens is 203 g/mol. The highest BCUT2D eigenvalue weighted by Crippen LogP contribution is 2.37. The summed E-state index contributed by atoms with van der Waals surface area (Å²) in [5, 5.41) is 7.12. The second-order valence-corrected chi connectivity index (χ2v) is 4.62. The van der Waals surface area contributed by atoms with Gasteiger partial charge in [0.15, 0.2) is 0 Å². The Balaban J connectivity index is 2.84. The van der Waals surface area contributed by atoms with E-state index in [0.29, 0.717) is 5.56 Å². The summed E-state index contributed by atoms with van der Waals surface area (Å²) in [6, 6.07) is 6.08. The molecule has 76 valence electrons. The summed E-state index contributed by atoms with van der Waals surface area (Å²) in [5.74, 6) is 0.226. The van der Waals surface area contributed by atoms with Gasteiger partial charge in [0.1, 0.15) is 11.6 Å². The molecule has 0 aromatic heterocycles. The highest BCUT2D eigenvalue weighted by molar-refractivity contribution is 7.52. The minimum Gasteiger partial charge on any atom is -0.425 e. The standard InChI is InChI=1S/C8H11N2O3P/c1-14(11,12)13-7-4-2-6(3-5-7)8(9)10/h2-5H,1H3,(H3,9,10)(H,11,12). The zero-order valence-electron chi connectivity index (χ0n) is 7.60. The van der Waals surface area contributed by atoms with E-state index in [1.165, 1.54) is 12.1 Å². The van der Waals surface area contributed by atoms with Crippen molar-refractivity contribution in [3.05, 3.63) is 29.8 Å². The maximum absolute atomic E-state index is 10.9. The van der Waals surface area contributed by atoms with E-state index < -0.39 is 7.60 Å². The number of rotatable bonds is 3. The van der Waals surface area contributed by atoms with E-state index in [-0.39, 0.29) is 11.6 Å². The number of hydrogen-bond acceptors (Lipinski definition) is 3. The fourth-order valence-electron chi connectivity index (χ4n) is 0.891. The molecule has 0 aliphatic carbocycles. The number of nitrogen functional groups attached to an aromatic ring is 1. The highest BCUT2D eigenvalue weighted by Gasteiger charge is 2.11. The topological polar surface area (TPSA) is 96.4 Å². The molecule has 0 saturated heterocycles. The first-order valence-electron chi connectivity index (χ1n) is 3.83. The molecule has 1 aromatic carbocycles. The Hall–Kier alpha value is -1.32. The van der Waals surface area contributed by atoms with E-state index in [0.717, 1.165) is 6.66 Å². The fourth-order valence-corrected chi connectivity index (χ4v) is 1.40. The Morgan fingerprint density at radius 3 is 2.36 bits per heavy atom. The van der Waals surface area contributed by atoms with Gasteiger partial charge in [0.2, 0.25) is 0 Å². The van der Waals surface area contributed by atoms with Crippen LogP contribution in [0.3, 0.4) is 0 Å². The van der Waals surface area contributed by atoms with Gasteiger partial charge in [-0.25, -0.2) is 4.57 Å². The van der Waals surface area contributed by atoms with E-state index in [1.807, 2.05) is 0 Å². The van der Waals surface area contributed by atoms with Crippen molar-refractivity contribution in [1.29, 1.82) is 5.41 Å². The van der Waals surface area contributed by atoms with Crippen LogP contribution < -0.4 is 10.3 Å². The smallest absolute Gasteiger partial charge is 0.373 e. The molecule has 14 heavy (non-hydrogen) atoms. The van der Waals surface area contributed by atoms with E-state index >= 15 is 0 Å². The van der Waals surface area contributed by atoms with Gasteiger partial charge < -0.3 is 15.2 Å². The summed E-state index contributed by atoms with van der Waals surface area (Å²) in [6.07, 6.45) is 0. The number of hydrogen-bond donors (Lipinski definition) is 3. The number of amidine groups is 1. The van der Waals surface area contributed by atoms with Crippen LogP contribution in [0, 0.1) is 5.41 Å². The largest absolute Gasteiger partial charge is 0.425 e. The van der Waals surface area contributed by atoms with Crippen molar-refractivity contribution in [3.8, 4) is 5.75 Å². The van der Waals surface area contributed by atoms with Crippen molar-refractivity contribution >= 4 is 13.4 Å². The Labute approximate surface area is 81.6 Å². The molecular formula is C8H11N2O3P. The van der Waals surface area contributed by atoms with Crippen LogP contribution in [-0.2, 0) is 4.57 Å². The van der Waals surface area contributed by atoms with Crippen LogP contribution in [0.5, 0.6) is 5.75 Å². The minimum atomic E-state index is -3.51. The molecule has 0 aliphatic heterocycles. The third-order valence-electron chi connectivity index (χ3n) is 1.44. The predicted octanol–water partition coefficient (Wildman–Crippen LogP) is 1.16. The molecule has 0 bridgehead atoms. The summed E-state index contributed by atoms with van der Waals surface area (Å²) < 4.78 is 15.6. The third-order valence-corrected chi connectivity index (χ3v) is 1.99. The lowest BCUT2D eigenvalue weighted by molar-refractivity contribution is 0.387. The van der Waals surface area contributed by atoms with Gasteiger partial charge in [0.25, 0.3) is 0 Å². The SMILES string of the molecule is CP(=O)(O)Oc1ccc(C(=N)N)cc1. The molecule has 1 aromatic rings. The van der Waals surface area contributed by atoms with Crippen molar-refractivity contribution in [1.82, 2.24) is 0 Å². The van der Waals surface area contributed by atoms with Gasteiger partial charge in [-0.3, -0.25) is 5.41 Å². The first-order chi connectivity index (χ1) is 6.38. The molecule has 0 spiro atoms. The van der Waals surface area contributed by atoms with E-state index in [4.69, 9.17) is 20.6 Å². The maximum atomic E-state index is 10.9. The lowest BCUT2D eigenvalue weighted by Gasteiger charge is -2.08. The summed E-state index contributed by atoms with van der Waals surface area (Å²) >= 11 is 0. The van der Waals surface area contributed by atoms with Crippen LogP contribution in [0.2, 0.25) is 0 Å². The Morgan fingerprint density at radius 1 is 1.50 bits per heavy atom. The summed E-state index contributed by atoms with van der Waals surface area (Å²) in [5.41, 5.74) is 5.77. The summed E-state index contributed by atoms with van der Waals surface area (Å²) in [7, 11) is -3.51. The van der Waals surface area contributed by atoms with E-state index in [1.54, 1.807) is 12.1 Å². The zero-order chi connectivity index (χ0) is 10.8. The zero-order valence-corrected chi connectivity index (χ0v) is 8.49. The fraction of sp³-hybridized carbons (Fsp3) is 0.125. The average Bonchev–Trinajstić information content (AvgIpc) is 2.02. The van der Waals surface area contributed by atoms with Crippen LogP contribution in [0.25, 0.3) is 0 Å². The molecule has 4 N–H and O–H groups in total. The van der Waals surface area contributed by atoms with Gasteiger partial charge in [-0.1, -0.05) is 0 Å². The number of nitrogens with one attached hydrogen (secondary N) is 1. The molecule has 0 fully saturated rings. The molecule has 0 amide bonds. The summed E-state index contributed by atoms with van der Waals surface area (Å²) in [4.78, 5) is 8.92. The average molecular weight is 214 g/mol. The lowest BCUT2D eigenvalue weighted by Crippen LogP contribution is -2.10. The van der Waals surface area contributed by atoms with Crippen molar-refractivity contribution in [2.75, 3.05) is 6.66 Å². The first kappa shape index (κ1) is 10.8. The van der Waals surface area contributed by atoms with Gasteiger partial charge >= 0.3 is 7.60 Å². The van der Waals surface area contributed by atoms with Crippen molar-refractivity contribution in [2.24, 2.45) is 5.73 Å². The quantitative estimate of drug-likeness (QED) is 0.399. The van der Waals surface area contributed by atoms with Gasteiger partial charge in [-0.05, 0) is 24.3 Å². The van der Waals surface area contributed by atoms with Gasteiger partial charge in [0.05, 0.1) is 0 Å². The van der Waals surface area contributed by atoms with Gasteiger partial charge in [-0.2, -0.15) is 0 Å². The van der Waals surface area contributed by atoms with Crippen LogP contribution in [-0.4, -0.2) is 17.4 Å². The number of nitrogens with two attached hydrogens (primary N) is 1. The molecule has 1 atom stereocenters. The van der Waals surface area contributed by atoms with E-state index in [9.17, 15) is 4.57 Å². The normalized spacial score (nSPS) is 14.4. The minimum absolute atomic E-state index is 0.0553. The van der Waals surface area contributed by atoms with Crippen molar-refractivity contribution in [3.63, 3.8) is 0 Å². The molecule has 1 unspecified atom stereocenters. The molecule has 6 heteroatoms. The van der Waals surface area contributed by atoms with Crippen LogP contribution in [0.1, 0.15) is 5.56 Å². The Bertz CT molecular complexity index is 382. The molecule has 1 rings (SSSR count). The van der Waals surface area contributed by atoms with Crippen LogP contribution >= 0.6 is 7.60 Å². The molecule has 0 heterocycles. The second-order valence-electron chi connectivity index (χ2n) is 2.83. The molecule has 0 aliphatic rings. The van der Waals surface area contributed by atoms with E-state index in [2.05, 4.69) is 0 Å².